The van der Waals surface area contributed by atoms with Crippen LogP contribution in [-0.4, -0.2) is 36.6 Å². The van der Waals surface area contributed by atoms with Gasteiger partial charge in [0, 0.05) is 11.3 Å². The van der Waals surface area contributed by atoms with Crippen molar-refractivity contribution in [2.75, 3.05) is 18.6 Å². The van der Waals surface area contributed by atoms with Gasteiger partial charge in [0.25, 0.3) is 11.7 Å². The normalized spacial score (nSPS) is 16.8. The number of carbonyl (C=O) groups is 2. The van der Waals surface area contributed by atoms with Crippen LogP contribution >= 0.6 is 0 Å². The molecule has 0 saturated carbocycles. The lowest BCUT2D eigenvalue weighted by Crippen LogP contribution is -2.29. The fourth-order valence-electron chi connectivity index (χ4n) is 4.45. The minimum absolute atomic E-state index is 0.00400. The van der Waals surface area contributed by atoms with Gasteiger partial charge in [-0.25, -0.2) is 0 Å². The van der Waals surface area contributed by atoms with Crippen molar-refractivity contribution in [1.29, 1.82) is 0 Å². The van der Waals surface area contributed by atoms with Gasteiger partial charge in [0.05, 0.1) is 31.4 Å². The zero-order valence-electron chi connectivity index (χ0n) is 21.6. The molecule has 1 N–H and O–H groups in total. The number of nitrogens with zero attached hydrogens (tertiary/aromatic N) is 1. The highest BCUT2D eigenvalue weighted by atomic mass is 16.5. The molecule has 7 nitrogen and oxygen atoms in total. The van der Waals surface area contributed by atoms with E-state index in [1.807, 2.05) is 27.7 Å². The predicted molar refractivity (Wildman–Crippen MR) is 142 cm³/mol. The number of rotatable bonds is 8. The Labute approximate surface area is 216 Å². The van der Waals surface area contributed by atoms with Gasteiger partial charge in [-0.05, 0) is 93.4 Å². The molecule has 0 bridgehead atoms. The van der Waals surface area contributed by atoms with Crippen LogP contribution in [0.25, 0.3) is 5.76 Å². The summed E-state index contributed by atoms with van der Waals surface area (Å²) in [7, 11) is 1.55. The highest BCUT2D eigenvalue weighted by molar-refractivity contribution is 6.51. The average molecular weight is 502 g/mol. The second-order valence-corrected chi connectivity index (χ2v) is 9.02. The third kappa shape index (κ3) is 5.16. The number of aliphatic hydroxyl groups is 1. The van der Waals surface area contributed by atoms with E-state index in [2.05, 4.69) is 0 Å². The first kappa shape index (κ1) is 25.8. The summed E-state index contributed by atoms with van der Waals surface area (Å²) in [6.45, 7) is 8.12. The largest absolute Gasteiger partial charge is 0.507 e. The molecule has 7 heteroatoms. The van der Waals surface area contributed by atoms with E-state index in [1.165, 1.54) is 4.90 Å². The number of ketones is 1. The molecule has 1 amide bonds. The molecule has 3 aromatic carbocycles. The molecule has 1 aliphatic rings. The summed E-state index contributed by atoms with van der Waals surface area (Å²) in [5.41, 5.74) is 2.37. The second-order valence-electron chi connectivity index (χ2n) is 9.02. The molecule has 1 unspecified atom stereocenters. The van der Waals surface area contributed by atoms with E-state index in [1.54, 1.807) is 73.8 Å². The topological polar surface area (TPSA) is 85.3 Å². The summed E-state index contributed by atoms with van der Waals surface area (Å²) in [6.07, 6.45) is -0.00515. The molecule has 0 radical (unpaired) electrons. The van der Waals surface area contributed by atoms with Gasteiger partial charge >= 0.3 is 0 Å². The number of hydrogen-bond acceptors (Lipinski definition) is 6. The average Bonchev–Trinajstić information content (AvgIpc) is 3.15. The Balaban J connectivity index is 1.87. The van der Waals surface area contributed by atoms with Crippen molar-refractivity contribution in [1.82, 2.24) is 0 Å². The van der Waals surface area contributed by atoms with Crippen molar-refractivity contribution in [2.45, 2.75) is 39.8 Å². The maximum atomic E-state index is 13.4. The number of anilines is 1. The minimum atomic E-state index is -0.862. The van der Waals surface area contributed by atoms with Crippen LogP contribution in [0.2, 0.25) is 0 Å². The Morgan fingerprint density at radius 3 is 2.35 bits per heavy atom. The van der Waals surface area contributed by atoms with Crippen LogP contribution in [0.3, 0.4) is 0 Å². The Hall–Kier alpha value is -4.26. The van der Waals surface area contributed by atoms with Gasteiger partial charge < -0.3 is 19.3 Å². The van der Waals surface area contributed by atoms with Gasteiger partial charge in [-0.3, -0.25) is 14.5 Å². The Morgan fingerprint density at radius 2 is 1.73 bits per heavy atom. The molecule has 3 aromatic rings. The van der Waals surface area contributed by atoms with Crippen molar-refractivity contribution >= 4 is 23.1 Å². The van der Waals surface area contributed by atoms with Crippen molar-refractivity contribution in [3.8, 4) is 17.2 Å². The van der Waals surface area contributed by atoms with Crippen molar-refractivity contribution in [3.63, 3.8) is 0 Å². The Kier molecular flexibility index (Phi) is 7.53. The van der Waals surface area contributed by atoms with Crippen LogP contribution in [0.4, 0.5) is 5.69 Å². The number of benzene rings is 3. The van der Waals surface area contributed by atoms with E-state index in [0.717, 1.165) is 5.56 Å². The summed E-state index contributed by atoms with van der Waals surface area (Å²) < 4.78 is 16.7. The van der Waals surface area contributed by atoms with Crippen LogP contribution in [0.5, 0.6) is 17.2 Å². The standard InChI is InChI=1S/C30H31NO6/c1-6-36-25-15-10-21(16-19(25)4)28(32)26-27(20-8-7-9-24(17-20)35-5)31(30(34)29(26)33)22-11-13-23(14-12-22)37-18(2)3/h7-18,27,32H,6H2,1-5H3/b28-26-. The molecule has 0 aliphatic carbocycles. The van der Waals surface area contributed by atoms with Crippen LogP contribution in [0.15, 0.2) is 72.3 Å². The van der Waals surface area contributed by atoms with Crippen molar-refractivity contribution < 1.29 is 28.9 Å². The fourth-order valence-corrected chi connectivity index (χ4v) is 4.45. The van der Waals surface area contributed by atoms with Crippen molar-refractivity contribution in [3.05, 3.63) is 89.0 Å². The number of carbonyl (C=O) groups excluding carboxylic acids is 2. The Morgan fingerprint density at radius 1 is 1.00 bits per heavy atom. The SMILES string of the molecule is CCOc1ccc(/C(O)=C2/C(=O)C(=O)N(c3ccc(OC(C)C)cc3)C2c2cccc(OC)c2)cc1C. The molecule has 1 atom stereocenters. The molecule has 1 saturated heterocycles. The first-order valence-corrected chi connectivity index (χ1v) is 12.2. The molecule has 1 fully saturated rings. The van der Waals surface area contributed by atoms with E-state index in [9.17, 15) is 14.7 Å². The molecule has 4 rings (SSSR count). The highest BCUT2D eigenvalue weighted by Crippen LogP contribution is 2.43. The van der Waals surface area contributed by atoms with Gasteiger partial charge in [0.15, 0.2) is 0 Å². The van der Waals surface area contributed by atoms with E-state index < -0.39 is 17.7 Å². The Bertz CT molecular complexity index is 1340. The number of ether oxygens (including phenoxy) is 3. The maximum Gasteiger partial charge on any atom is 0.300 e. The van der Waals surface area contributed by atoms with Crippen LogP contribution in [0.1, 0.15) is 43.5 Å². The smallest absolute Gasteiger partial charge is 0.300 e. The maximum absolute atomic E-state index is 13.4. The summed E-state index contributed by atoms with van der Waals surface area (Å²) in [6, 6.07) is 18.4. The molecule has 0 spiro atoms. The fraction of sp³-hybridized carbons (Fsp3) is 0.267. The van der Waals surface area contributed by atoms with E-state index in [-0.39, 0.29) is 17.4 Å². The number of Topliss-reactive ketones (excluding diaryl/α,β-unsaturated/α-hetero) is 1. The summed E-state index contributed by atoms with van der Waals surface area (Å²) in [4.78, 5) is 28.2. The molecular formula is C30H31NO6. The number of aryl methyl sites for hydroxylation is 1. The zero-order valence-corrected chi connectivity index (χ0v) is 21.6. The predicted octanol–water partition coefficient (Wildman–Crippen LogP) is 5.82. The summed E-state index contributed by atoms with van der Waals surface area (Å²) in [5, 5.41) is 11.4. The summed E-state index contributed by atoms with van der Waals surface area (Å²) in [5.74, 6) is 0.167. The van der Waals surface area contributed by atoms with Crippen LogP contribution < -0.4 is 19.1 Å². The molecule has 1 aliphatic heterocycles. The lowest BCUT2D eigenvalue weighted by Gasteiger charge is -2.26. The lowest BCUT2D eigenvalue weighted by atomic mass is 9.94. The second kappa shape index (κ2) is 10.8. The van der Waals surface area contributed by atoms with E-state index in [4.69, 9.17) is 14.2 Å². The molecule has 37 heavy (non-hydrogen) atoms. The van der Waals surface area contributed by atoms with Gasteiger partial charge in [0.1, 0.15) is 23.0 Å². The number of methoxy groups -OCH3 is 1. The quantitative estimate of drug-likeness (QED) is 0.238. The highest BCUT2D eigenvalue weighted by Gasteiger charge is 2.47. The first-order chi connectivity index (χ1) is 17.7. The summed E-state index contributed by atoms with van der Waals surface area (Å²) >= 11 is 0. The third-order valence-electron chi connectivity index (χ3n) is 6.09. The van der Waals surface area contributed by atoms with Crippen molar-refractivity contribution in [2.24, 2.45) is 0 Å². The number of hydrogen-bond donors (Lipinski definition) is 1. The monoisotopic (exact) mass is 501 g/mol. The lowest BCUT2D eigenvalue weighted by molar-refractivity contribution is -0.132. The van der Waals surface area contributed by atoms with E-state index >= 15 is 0 Å². The van der Waals surface area contributed by atoms with E-state index in [0.29, 0.717) is 40.7 Å². The molecular weight excluding hydrogens is 470 g/mol. The van der Waals surface area contributed by atoms with Gasteiger partial charge in [-0.2, -0.15) is 0 Å². The minimum Gasteiger partial charge on any atom is -0.507 e. The molecule has 0 aromatic heterocycles. The van der Waals surface area contributed by atoms with Gasteiger partial charge in [-0.1, -0.05) is 12.1 Å². The molecule has 192 valence electrons. The van der Waals surface area contributed by atoms with Crippen LogP contribution in [-0.2, 0) is 9.59 Å². The van der Waals surface area contributed by atoms with Gasteiger partial charge in [0.2, 0.25) is 0 Å². The van der Waals surface area contributed by atoms with Crippen LogP contribution in [0, 0.1) is 6.92 Å². The first-order valence-electron chi connectivity index (χ1n) is 12.2. The molecule has 1 heterocycles. The number of aliphatic hydroxyl groups excluding tert-OH is 1. The third-order valence-corrected chi connectivity index (χ3v) is 6.09. The number of amides is 1. The van der Waals surface area contributed by atoms with Gasteiger partial charge in [-0.15, -0.1) is 0 Å². The zero-order chi connectivity index (χ0) is 26.7.